The minimum atomic E-state index is -0.398. The first-order valence-corrected chi connectivity index (χ1v) is 11.5. The van der Waals surface area contributed by atoms with Crippen molar-refractivity contribution in [2.45, 2.75) is 9.24 Å². The van der Waals surface area contributed by atoms with Crippen molar-refractivity contribution < 1.29 is 18.4 Å². The molecular formula is C20H14F2N4O2S3. The number of thioether (sulfide) groups is 2. The summed E-state index contributed by atoms with van der Waals surface area (Å²) in [4.78, 5) is 24.2. The van der Waals surface area contributed by atoms with Gasteiger partial charge in [-0.05, 0) is 60.1 Å². The zero-order chi connectivity index (χ0) is 22.2. The Morgan fingerprint density at radius 1 is 0.903 bits per heavy atom. The molecule has 0 spiro atoms. The molecule has 0 saturated carbocycles. The van der Waals surface area contributed by atoms with E-state index in [9.17, 15) is 23.6 Å². The van der Waals surface area contributed by atoms with Gasteiger partial charge in [0.1, 0.15) is 32.5 Å². The quantitative estimate of drug-likeness (QED) is 0.456. The maximum atomic E-state index is 12.9. The van der Waals surface area contributed by atoms with Gasteiger partial charge in [0.2, 0.25) is 11.8 Å². The van der Waals surface area contributed by atoms with Crippen LogP contribution in [0.4, 0.5) is 20.2 Å². The third kappa shape index (κ3) is 6.78. The lowest BCUT2D eigenvalue weighted by Gasteiger charge is -2.05. The van der Waals surface area contributed by atoms with E-state index in [1.54, 1.807) is 0 Å². The van der Waals surface area contributed by atoms with Crippen LogP contribution in [0.25, 0.3) is 0 Å². The number of aromatic nitrogens is 1. The molecule has 0 fully saturated rings. The second kappa shape index (κ2) is 10.9. The summed E-state index contributed by atoms with van der Waals surface area (Å²) in [5.41, 5.74) is 1.25. The number of halogens is 2. The Labute approximate surface area is 189 Å². The van der Waals surface area contributed by atoms with Gasteiger partial charge in [-0.15, -0.1) is 11.8 Å². The number of amides is 2. The summed E-state index contributed by atoms with van der Waals surface area (Å²) in [7, 11) is 0. The number of anilines is 2. The van der Waals surface area contributed by atoms with Crippen LogP contribution in [0.2, 0.25) is 0 Å². The fraction of sp³-hybridized carbons (Fsp3) is 0.100. The van der Waals surface area contributed by atoms with Gasteiger partial charge in [0.15, 0.2) is 0 Å². The van der Waals surface area contributed by atoms with Crippen molar-refractivity contribution in [1.82, 2.24) is 4.37 Å². The maximum Gasteiger partial charge on any atom is 0.234 e. The number of hydrogen-bond donors (Lipinski definition) is 2. The molecule has 2 N–H and O–H groups in total. The molecule has 0 atom stereocenters. The highest BCUT2D eigenvalue weighted by Gasteiger charge is 2.17. The van der Waals surface area contributed by atoms with Crippen molar-refractivity contribution in [1.29, 1.82) is 5.26 Å². The third-order valence-corrected chi connectivity index (χ3v) is 6.86. The first kappa shape index (κ1) is 22.7. The molecule has 3 aromatic rings. The van der Waals surface area contributed by atoms with Crippen LogP contribution in [0.5, 0.6) is 0 Å². The lowest BCUT2D eigenvalue weighted by atomic mass is 10.3. The molecule has 0 aliphatic rings. The predicted octanol–water partition coefficient (Wildman–Crippen LogP) is 4.75. The van der Waals surface area contributed by atoms with E-state index >= 15 is 0 Å². The number of nitrogens with one attached hydrogen (secondary N) is 2. The lowest BCUT2D eigenvalue weighted by Crippen LogP contribution is -2.14. The summed E-state index contributed by atoms with van der Waals surface area (Å²) in [5, 5.41) is 15.1. The average Bonchev–Trinajstić information content (AvgIpc) is 3.16. The minimum absolute atomic E-state index is 0.0188. The van der Waals surface area contributed by atoms with Crippen LogP contribution < -0.4 is 10.6 Å². The van der Waals surface area contributed by atoms with Gasteiger partial charge in [-0.2, -0.15) is 9.64 Å². The Morgan fingerprint density at radius 2 is 1.39 bits per heavy atom. The SMILES string of the molecule is N#Cc1c(SCC(=O)Nc2ccc(F)cc2)nsc1SCC(=O)Nc1ccc(F)cc1. The van der Waals surface area contributed by atoms with Gasteiger partial charge >= 0.3 is 0 Å². The smallest absolute Gasteiger partial charge is 0.234 e. The monoisotopic (exact) mass is 476 g/mol. The van der Waals surface area contributed by atoms with E-state index in [0.717, 1.165) is 35.1 Å². The van der Waals surface area contributed by atoms with Crippen LogP contribution in [0, 0.1) is 23.0 Å². The van der Waals surface area contributed by atoms with Crippen molar-refractivity contribution in [3.63, 3.8) is 0 Å². The number of rotatable bonds is 8. The summed E-state index contributed by atoms with van der Waals surface area (Å²) < 4.78 is 30.6. The summed E-state index contributed by atoms with van der Waals surface area (Å²) in [6.07, 6.45) is 0. The van der Waals surface area contributed by atoms with Gasteiger partial charge in [-0.25, -0.2) is 8.78 Å². The molecule has 2 amide bonds. The molecule has 0 radical (unpaired) electrons. The zero-order valence-corrected chi connectivity index (χ0v) is 18.2. The summed E-state index contributed by atoms with van der Waals surface area (Å²) in [5.74, 6) is -1.35. The van der Waals surface area contributed by atoms with E-state index in [0.29, 0.717) is 26.2 Å². The summed E-state index contributed by atoms with van der Waals surface area (Å²) in [6.45, 7) is 0. The van der Waals surface area contributed by atoms with Crippen LogP contribution >= 0.6 is 35.1 Å². The van der Waals surface area contributed by atoms with Crippen LogP contribution in [-0.4, -0.2) is 27.7 Å². The molecule has 1 aromatic heterocycles. The molecule has 6 nitrogen and oxygen atoms in total. The number of hydrogen-bond acceptors (Lipinski definition) is 7. The van der Waals surface area contributed by atoms with E-state index in [4.69, 9.17) is 0 Å². The fourth-order valence-electron chi connectivity index (χ4n) is 2.28. The Morgan fingerprint density at radius 3 is 1.87 bits per heavy atom. The van der Waals surface area contributed by atoms with E-state index in [2.05, 4.69) is 21.1 Å². The van der Waals surface area contributed by atoms with Gasteiger partial charge in [0, 0.05) is 11.4 Å². The highest BCUT2D eigenvalue weighted by molar-refractivity contribution is 8.02. The molecular weight excluding hydrogens is 462 g/mol. The van der Waals surface area contributed by atoms with Crippen molar-refractivity contribution in [3.8, 4) is 6.07 Å². The molecule has 0 aliphatic heterocycles. The first-order chi connectivity index (χ1) is 14.9. The van der Waals surface area contributed by atoms with Crippen LogP contribution in [0.1, 0.15) is 5.56 Å². The van der Waals surface area contributed by atoms with E-state index in [1.165, 1.54) is 48.5 Å². The van der Waals surface area contributed by atoms with Crippen LogP contribution in [0.3, 0.4) is 0 Å². The lowest BCUT2D eigenvalue weighted by molar-refractivity contribution is -0.114. The van der Waals surface area contributed by atoms with E-state index in [1.807, 2.05) is 0 Å². The molecule has 2 aromatic carbocycles. The predicted molar refractivity (Wildman–Crippen MR) is 118 cm³/mol. The normalized spacial score (nSPS) is 10.4. The second-order valence-electron chi connectivity index (χ2n) is 5.95. The molecule has 158 valence electrons. The highest BCUT2D eigenvalue weighted by atomic mass is 32.2. The number of carbonyl (C=O) groups excluding carboxylic acids is 2. The van der Waals surface area contributed by atoms with E-state index in [-0.39, 0.29) is 23.3 Å². The minimum Gasteiger partial charge on any atom is -0.325 e. The van der Waals surface area contributed by atoms with Gasteiger partial charge in [-0.3, -0.25) is 9.59 Å². The number of benzene rings is 2. The largest absolute Gasteiger partial charge is 0.325 e. The molecule has 31 heavy (non-hydrogen) atoms. The van der Waals surface area contributed by atoms with Gasteiger partial charge in [0.25, 0.3) is 0 Å². The Hall–Kier alpha value is -2.94. The summed E-state index contributed by atoms with van der Waals surface area (Å²) in [6, 6.07) is 12.9. The molecule has 3 rings (SSSR count). The maximum absolute atomic E-state index is 12.9. The molecule has 0 bridgehead atoms. The van der Waals surface area contributed by atoms with Gasteiger partial charge in [0.05, 0.1) is 11.5 Å². The Kier molecular flexibility index (Phi) is 8.00. The van der Waals surface area contributed by atoms with Crippen LogP contribution in [0.15, 0.2) is 57.8 Å². The van der Waals surface area contributed by atoms with Crippen molar-refractivity contribution in [2.75, 3.05) is 22.1 Å². The number of nitrogens with zero attached hydrogens (tertiary/aromatic N) is 2. The van der Waals surface area contributed by atoms with Crippen molar-refractivity contribution >= 4 is 58.2 Å². The van der Waals surface area contributed by atoms with Crippen LogP contribution in [-0.2, 0) is 9.59 Å². The number of carbonyl (C=O) groups is 2. The Balaban J connectivity index is 1.52. The molecule has 0 aliphatic carbocycles. The third-order valence-electron chi connectivity index (χ3n) is 3.67. The standard InChI is InChI=1S/C20H14F2N4O2S3/c21-12-1-5-14(6-2-12)24-17(27)10-29-19-16(9-23)20(31-26-19)30-11-18(28)25-15-7-3-13(22)4-8-15/h1-8H,10-11H2,(H,24,27)(H,25,28). The molecule has 0 saturated heterocycles. The van der Waals surface area contributed by atoms with E-state index < -0.39 is 11.6 Å². The van der Waals surface area contributed by atoms with Gasteiger partial charge < -0.3 is 10.6 Å². The number of nitriles is 1. The Bertz CT molecular complexity index is 1030. The fourth-order valence-corrected chi connectivity index (χ4v) is 4.97. The molecule has 1 heterocycles. The van der Waals surface area contributed by atoms with Crippen molar-refractivity contribution in [3.05, 3.63) is 65.7 Å². The zero-order valence-electron chi connectivity index (χ0n) is 15.7. The topological polar surface area (TPSA) is 94.9 Å². The highest BCUT2D eigenvalue weighted by Crippen LogP contribution is 2.34. The average molecular weight is 477 g/mol. The second-order valence-corrected chi connectivity index (χ2v) is 8.93. The molecule has 0 unspecified atom stereocenters. The van der Waals surface area contributed by atoms with Gasteiger partial charge in [-0.1, -0.05) is 11.8 Å². The first-order valence-electron chi connectivity index (χ1n) is 8.71. The van der Waals surface area contributed by atoms with Crippen molar-refractivity contribution in [2.24, 2.45) is 0 Å². The molecule has 11 heteroatoms. The summed E-state index contributed by atoms with van der Waals surface area (Å²) >= 11 is 3.34.